The van der Waals surface area contributed by atoms with E-state index in [0.29, 0.717) is 0 Å². The number of rotatable bonds is 13. The summed E-state index contributed by atoms with van der Waals surface area (Å²) in [6, 6.07) is 161. The van der Waals surface area contributed by atoms with Crippen LogP contribution >= 0.6 is 0 Å². The van der Waals surface area contributed by atoms with Crippen molar-refractivity contribution in [1.82, 2.24) is 0 Å². The molecule has 24 rings (SSSR count). The number of anilines is 6. The van der Waals surface area contributed by atoms with Crippen molar-refractivity contribution >= 4 is 164 Å². The Balaban J connectivity index is 0.590. The first-order chi connectivity index (χ1) is 59.5. The monoisotopic (exact) mass is 1520 g/mol. The third kappa shape index (κ3) is 11.4. The summed E-state index contributed by atoms with van der Waals surface area (Å²) in [5.41, 5.74) is 25.9. The highest BCUT2D eigenvalue weighted by atomic mass is 16.3. The highest BCUT2D eigenvalue weighted by molar-refractivity contribution is 6.20. The molecule has 24 aromatic rings. The van der Waals surface area contributed by atoms with Gasteiger partial charge in [-0.1, -0.05) is 309 Å². The molecular weight excluding hydrogens is 1450 g/mol. The van der Waals surface area contributed by atoms with Gasteiger partial charge in [0, 0.05) is 61.2 Å². The van der Waals surface area contributed by atoms with Gasteiger partial charge in [-0.15, -0.1) is 0 Å². The van der Waals surface area contributed by atoms with Crippen LogP contribution in [0.25, 0.3) is 208 Å². The van der Waals surface area contributed by atoms with Crippen LogP contribution in [-0.2, 0) is 0 Å². The molecule has 0 fully saturated rings. The van der Waals surface area contributed by atoms with Gasteiger partial charge >= 0.3 is 0 Å². The van der Waals surface area contributed by atoms with Crippen LogP contribution in [0.4, 0.5) is 34.1 Å². The molecule has 0 amide bonds. The first-order valence-corrected chi connectivity index (χ1v) is 41.2. The van der Waals surface area contributed by atoms with E-state index in [4.69, 9.17) is 8.83 Å². The van der Waals surface area contributed by atoms with Gasteiger partial charge in [0.25, 0.3) is 0 Å². The zero-order valence-corrected chi connectivity index (χ0v) is 65.3. The molecule has 22 aromatic carbocycles. The lowest BCUT2D eigenvalue weighted by Crippen LogP contribution is -2.10. The molecule has 0 radical (unpaired) electrons. The summed E-state index contributed by atoms with van der Waals surface area (Å²) in [7, 11) is 0. The molecule has 0 atom stereocenters. The van der Waals surface area contributed by atoms with Crippen LogP contribution in [0.1, 0.15) is 0 Å². The molecule has 0 bridgehead atoms. The fourth-order valence-corrected chi connectivity index (χ4v) is 19.3. The molecule has 0 unspecified atom stereocenters. The Hall–Kier alpha value is -15.9. The largest absolute Gasteiger partial charge is 0.456 e. The maximum Gasteiger partial charge on any atom is 0.143 e. The van der Waals surface area contributed by atoms with Crippen LogP contribution < -0.4 is 9.80 Å². The van der Waals surface area contributed by atoms with E-state index in [1.807, 2.05) is 12.1 Å². The Morgan fingerprint density at radius 3 is 0.892 bits per heavy atom. The van der Waals surface area contributed by atoms with E-state index in [9.17, 15) is 0 Å². The SMILES string of the molecule is c1cc(-c2cc3ccccc3c3ccccc23)cc(N(c2ccc(-c3cccc4c3oc3ccccc34)cc2)c2cccc(-c3cc4ccc(-c5ccc6cc(-c7cccc(N(c8ccc(-c9cccc%10oc%11ccccc%11c9%10)cc8)c8cccc(-c9cc%10ccccc%10c%10ccccc9%10)c8)c7)c7ccccc7c6c5)cc4c4ccccc34)c2)c1. The van der Waals surface area contributed by atoms with E-state index in [-0.39, 0.29) is 0 Å². The van der Waals surface area contributed by atoms with Crippen LogP contribution in [-0.4, -0.2) is 0 Å². The Morgan fingerprint density at radius 2 is 0.450 bits per heavy atom. The molecule has 2 heterocycles. The summed E-state index contributed by atoms with van der Waals surface area (Å²) >= 11 is 0. The zero-order chi connectivity index (χ0) is 78.9. The third-order valence-corrected chi connectivity index (χ3v) is 24.9. The van der Waals surface area contributed by atoms with E-state index in [1.165, 1.54) is 108 Å². The molecule has 0 saturated carbocycles. The van der Waals surface area contributed by atoms with Crippen LogP contribution in [0.15, 0.2) is 446 Å². The van der Waals surface area contributed by atoms with Crippen LogP contribution in [0.5, 0.6) is 0 Å². The van der Waals surface area contributed by atoms with Gasteiger partial charge in [-0.3, -0.25) is 0 Å². The van der Waals surface area contributed by atoms with Crippen LogP contribution in [0, 0.1) is 0 Å². The van der Waals surface area contributed by atoms with Crippen molar-refractivity contribution in [1.29, 1.82) is 0 Å². The normalized spacial score (nSPS) is 11.8. The average Bonchev–Trinajstić information content (AvgIpc) is 1.61. The Bertz CT molecular complexity index is 8310. The summed E-state index contributed by atoms with van der Waals surface area (Å²) in [6.07, 6.45) is 0. The van der Waals surface area contributed by atoms with E-state index < -0.39 is 0 Å². The Kier molecular flexibility index (Phi) is 16.0. The number of hydrogen-bond donors (Lipinski definition) is 0. The minimum Gasteiger partial charge on any atom is -0.456 e. The van der Waals surface area contributed by atoms with Gasteiger partial charge in [-0.2, -0.15) is 0 Å². The predicted octanol–water partition coefficient (Wildman–Crippen LogP) is 33.3. The molecular formula is C116H72N2O2. The summed E-state index contributed by atoms with van der Waals surface area (Å²) < 4.78 is 13.0. The second kappa shape index (κ2) is 28.0. The van der Waals surface area contributed by atoms with E-state index in [2.05, 4.69) is 434 Å². The highest BCUT2D eigenvalue weighted by Crippen LogP contribution is 2.49. The quantitative estimate of drug-likeness (QED) is 0.108. The number of furan rings is 2. The van der Waals surface area contributed by atoms with Crippen molar-refractivity contribution in [2.24, 2.45) is 0 Å². The maximum atomic E-state index is 6.60. The third-order valence-electron chi connectivity index (χ3n) is 24.9. The molecule has 4 nitrogen and oxygen atoms in total. The molecule has 4 heteroatoms. The molecule has 0 spiro atoms. The molecule has 558 valence electrons. The van der Waals surface area contributed by atoms with Crippen LogP contribution in [0.2, 0.25) is 0 Å². The lowest BCUT2D eigenvalue weighted by Gasteiger charge is -2.27. The standard InChI is InChI=1S/C116H72N2O2/c1-3-33-91-81(23-1)69-108(97-37-7-5-35-95(91)97)77-25-17-29-87(63-77)117(85-59-55-73(56-60-85)93-45-22-50-114-115(93)105-44-14-16-49-113(105)119-114)89-31-19-27-79(65-89)110-71-83-53-51-75(67-106(83)99-39-9-11-41-101(99)110)76-52-54-84-72-111(102-42-12-10-40-100(102)107(84)68-76)80-28-20-32-90(66-80)118(86-61-57-74(58-62-86)94-46-21-47-104-103-43-13-15-48-112(103)120-116(94)104)88-30-18-26-78(64-88)109-70-82-24-2-4-34-92(82)96-36-6-8-38-98(96)109/h1-72H. The maximum absolute atomic E-state index is 6.60. The number of nitrogens with zero attached hydrogens (tertiary/aromatic N) is 2. The van der Waals surface area contributed by atoms with Crippen molar-refractivity contribution in [2.45, 2.75) is 0 Å². The second-order valence-electron chi connectivity index (χ2n) is 31.7. The number of fused-ring (bicyclic) bond motifs is 18. The Morgan fingerprint density at radius 1 is 0.142 bits per heavy atom. The van der Waals surface area contributed by atoms with Gasteiger partial charge in [0.2, 0.25) is 0 Å². The van der Waals surface area contributed by atoms with Gasteiger partial charge in [0.05, 0.1) is 0 Å². The summed E-state index contributed by atoms with van der Waals surface area (Å²) in [6.45, 7) is 0. The summed E-state index contributed by atoms with van der Waals surface area (Å²) in [5, 5.41) is 23.9. The second-order valence-corrected chi connectivity index (χ2v) is 31.7. The molecule has 0 saturated heterocycles. The van der Waals surface area contributed by atoms with Gasteiger partial charge < -0.3 is 18.6 Å². The molecule has 0 aliphatic heterocycles. The first-order valence-electron chi connectivity index (χ1n) is 41.2. The van der Waals surface area contributed by atoms with Crippen molar-refractivity contribution in [2.75, 3.05) is 9.80 Å². The molecule has 120 heavy (non-hydrogen) atoms. The lowest BCUT2D eigenvalue weighted by molar-refractivity contribution is 0.669. The topological polar surface area (TPSA) is 32.8 Å². The van der Waals surface area contributed by atoms with Crippen molar-refractivity contribution in [3.63, 3.8) is 0 Å². The number of para-hydroxylation sites is 3. The molecule has 0 N–H and O–H groups in total. The molecule has 0 aliphatic carbocycles. The minimum absolute atomic E-state index is 0.882. The zero-order valence-electron chi connectivity index (χ0n) is 65.3. The van der Waals surface area contributed by atoms with E-state index in [1.54, 1.807) is 0 Å². The summed E-state index contributed by atoms with van der Waals surface area (Å²) in [4.78, 5) is 4.84. The fraction of sp³-hybridized carbons (Fsp3) is 0. The molecule has 0 aliphatic rings. The smallest absolute Gasteiger partial charge is 0.143 e. The highest BCUT2D eigenvalue weighted by Gasteiger charge is 2.24. The number of benzene rings is 22. The van der Waals surface area contributed by atoms with E-state index in [0.717, 1.165) is 134 Å². The van der Waals surface area contributed by atoms with Gasteiger partial charge in [0.1, 0.15) is 22.3 Å². The van der Waals surface area contributed by atoms with Gasteiger partial charge in [-0.25, -0.2) is 0 Å². The fourth-order valence-electron chi connectivity index (χ4n) is 19.3. The lowest BCUT2D eigenvalue weighted by atomic mass is 9.89. The van der Waals surface area contributed by atoms with E-state index >= 15 is 0 Å². The van der Waals surface area contributed by atoms with Crippen molar-refractivity contribution < 1.29 is 8.83 Å². The summed E-state index contributed by atoms with van der Waals surface area (Å²) in [5.74, 6) is 0. The van der Waals surface area contributed by atoms with Crippen molar-refractivity contribution in [3.8, 4) is 77.9 Å². The molecule has 2 aromatic heterocycles. The number of hydrogen-bond acceptors (Lipinski definition) is 4. The van der Waals surface area contributed by atoms with Crippen molar-refractivity contribution in [3.05, 3.63) is 437 Å². The van der Waals surface area contributed by atoms with Crippen LogP contribution in [0.3, 0.4) is 0 Å². The first kappa shape index (κ1) is 68.5. The Labute approximate surface area is 692 Å². The predicted molar refractivity (Wildman–Crippen MR) is 508 cm³/mol. The average molecular weight is 1530 g/mol. The van der Waals surface area contributed by atoms with Gasteiger partial charge in [0.15, 0.2) is 0 Å². The van der Waals surface area contributed by atoms with Gasteiger partial charge in [-0.05, 0) is 286 Å². The minimum atomic E-state index is 0.882.